The largest absolute Gasteiger partial charge is 0.272 e. The summed E-state index contributed by atoms with van der Waals surface area (Å²) < 4.78 is 0. The highest BCUT2D eigenvalue weighted by Gasteiger charge is 2.13. The van der Waals surface area contributed by atoms with Crippen molar-refractivity contribution < 1.29 is 4.79 Å². The Kier molecular flexibility index (Phi) is 1.58. The van der Waals surface area contributed by atoms with E-state index in [1.54, 1.807) is 12.2 Å². The number of nitrogens with zero attached hydrogens (tertiary/aromatic N) is 2. The molecule has 0 aromatic rings. The summed E-state index contributed by atoms with van der Waals surface area (Å²) in [6, 6.07) is 0. The van der Waals surface area contributed by atoms with Crippen LogP contribution in [0.5, 0.6) is 0 Å². The molecule has 0 N–H and O–H groups in total. The molecule has 1 amide bonds. The first-order valence-corrected chi connectivity index (χ1v) is 2.63. The average Bonchev–Trinajstić information content (AvgIpc) is 1.89. The van der Waals surface area contributed by atoms with E-state index in [-0.39, 0.29) is 5.91 Å². The first-order valence-electron chi connectivity index (χ1n) is 2.63. The van der Waals surface area contributed by atoms with Crippen molar-refractivity contribution in [2.45, 2.75) is 6.42 Å². The number of hydrogen-bond acceptors (Lipinski definition) is 3. The Bertz CT molecular complexity index is 164. The van der Waals surface area contributed by atoms with Crippen molar-refractivity contribution in [1.82, 2.24) is 5.01 Å². The Morgan fingerprint density at radius 1 is 1.56 bits per heavy atom. The molecule has 0 fully saturated rings. The summed E-state index contributed by atoms with van der Waals surface area (Å²) in [6.45, 7) is 0.322. The fraction of sp³-hybridized carbons (Fsp3) is 0.400. The molecule has 1 rings (SSSR count). The molecule has 0 spiro atoms. The minimum Gasteiger partial charge on any atom is -0.272 e. The van der Waals surface area contributed by atoms with Crippen molar-refractivity contribution in [3.63, 3.8) is 0 Å². The number of amides is 1. The molecule has 0 aliphatic carbocycles. The van der Waals surface area contributed by atoms with Crippen LogP contribution >= 0.6 is 0 Å². The van der Waals surface area contributed by atoms with Gasteiger partial charge in [-0.1, -0.05) is 12.2 Å². The normalized spacial score (nSPS) is 18.2. The van der Waals surface area contributed by atoms with Crippen LogP contribution in [0, 0.1) is 4.91 Å². The van der Waals surface area contributed by atoms with E-state index in [1.165, 1.54) is 0 Å². The molecule has 1 aliphatic heterocycles. The van der Waals surface area contributed by atoms with E-state index in [1.807, 2.05) is 0 Å². The van der Waals surface area contributed by atoms with E-state index < -0.39 is 0 Å². The minimum absolute atomic E-state index is 0.229. The first-order chi connectivity index (χ1) is 4.34. The maximum absolute atomic E-state index is 10.6. The molecule has 0 saturated heterocycles. The summed E-state index contributed by atoms with van der Waals surface area (Å²) in [4.78, 5) is 20.4. The summed E-state index contributed by atoms with van der Waals surface area (Å²) in [5, 5.41) is 3.41. The number of carbonyl (C=O) groups excluding carboxylic acids is 1. The van der Waals surface area contributed by atoms with Gasteiger partial charge in [0.1, 0.15) is 0 Å². The lowest BCUT2D eigenvalue weighted by Gasteiger charge is -2.12. The third-order valence-electron chi connectivity index (χ3n) is 1.12. The van der Waals surface area contributed by atoms with E-state index in [4.69, 9.17) is 0 Å². The van der Waals surface area contributed by atoms with Crippen molar-refractivity contribution in [3.05, 3.63) is 17.1 Å². The summed E-state index contributed by atoms with van der Waals surface area (Å²) in [6.07, 6.45) is 3.76. The molecule has 0 radical (unpaired) electrons. The Labute approximate surface area is 52.1 Å². The third-order valence-corrected chi connectivity index (χ3v) is 1.12. The molecule has 1 aliphatic rings. The van der Waals surface area contributed by atoms with Crippen LogP contribution in [0.4, 0.5) is 0 Å². The highest BCUT2D eigenvalue weighted by Crippen LogP contribution is 2.01. The predicted molar refractivity (Wildman–Crippen MR) is 31.3 cm³/mol. The Hall–Kier alpha value is -1.19. The quantitative estimate of drug-likeness (QED) is 0.378. The summed E-state index contributed by atoms with van der Waals surface area (Å²) >= 11 is 0. The van der Waals surface area contributed by atoms with Gasteiger partial charge in [-0.25, -0.2) is 0 Å². The van der Waals surface area contributed by atoms with E-state index in [2.05, 4.69) is 5.29 Å². The number of rotatable bonds is 1. The number of hydrogen-bond donors (Lipinski definition) is 0. The van der Waals surface area contributed by atoms with Gasteiger partial charge >= 0.3 is 0 Å². The van der Waals surface area contributed by atoms with Gasteiger partial charge in [0.2, 0.25) is 5.91 Å². The summed E-state index contributed by atoms with van der Waals surface area (Å²) in [7, 11) is 0. The molecule has 4 heteroatoms. The summed E-state index contributed by atoms with van der Waals surface area (Å²) in [5.74, 6) is -0.229. The second-order valence-electron chi connectivity index (χ2n) is 1.73. The lowest BCUT2D eigenvalue weighted by molar-refractivity contribution is -0.130. The van der Waals surface area contributed by atoms with Gasteiger partial charge in [0, 0.05) is 6.42 Å². The van der Waals surface area contributed by atoms with Crippen LogP contribution in [0.25, 0.3) is 0 Å². The van der Waals surface area contributed by atoms with Crippen molar-refractivity contribution in [2.75, 3.05) is 6.54 Å². The maximum atomic E-state index is 10.6. The molecule has 0 bridgehead atoms. The van der Waals surface area contributed by atoms with Gasteiger partial charge in [-0.15, -0.1) is 4.91 Å². The highest BCUT2D eigenvalue weighted by atomic mass is 16.3. The second kappa shape index (κ2) is 2.39. The lowest BCUT2D eigenvalue weighted by atomic mass is 10.3. The highest BCUT2D eigenvalue weighted by molar-refractivity contribution is 5.78. The van der Waals surface area contributed by atoms with Crippen LogP contribution in [0.2, 0.25) is 0 Å². The molecule has 0 unspecified atom stereocenters. The maximum Gasteiger partial charge on any atom is 0.249 e. The van der Waals surface area contributed by atoms with Crippen molar-refractivity contribution in [2.24, 2.45) is 5.29 Å². The molecule has 0 aromatic carbocycles. The van der Waals surface area contributed by atoms with Crippen molar-refractivity contribution >= 4 is 5.91 Å². The van der Waals surface area contributed by atoms with Gasteiger partial charge in [0.15, 0.2) is 0 Å². The van der Waals surface area contributed by atoms with Crippen LogP contribution in [0.3, 0.4) is 0 Å². The molecular weight excluding hydrogens is 120 g/mol. The zero-order chi connectivity index (χ0) is 6.69. The van der Waals surface area contributed by atoms with Gasteiger partial charge in [0.25, 0.3) is 0 Å². The molecule has 4 nitrogen and oxygen atoms in total. The van der Waals surface area contributed by atoms with Gasteiger partial charge in [0.05, 0.1) is 11.8 Å². The zero-order valence-corrected chi connectivity index (χ0v) is 4.78. The Balaban J connectivity index is 2.63. The second-order valence-corrected chi connectivity index (χ2v) is 1.73. The average molecular weight is 126 g/mol. The third kappa shape index (κ3) is 1.13. The van der Waals surface area contributed by atoms with Gasteiger partial charge in [-0.3, -0.25) is 4.79 Å². The number of carbonyl (C=O) groups is 1. The van der Waals surface area contributed by atoms with E-state index >= 15 is 0 Å². The van der Waals surface area contributed by atoms with Crippen molar-refractivity contribution in [3.8, 4) is 0 Å². The van der Waals surface area contributed by atoms with Gasteiger partial charge in [-0.05, 0) is 0 Å². The van der Waals surface area contributed by atoms with Gasteiger partial charge < -0.3 is 0 Å². The summed E-state index contributed by atoms with van der Waals surface area (Å²) in [5.41, 5.74) is 0. The number of nitroso groups, excluding NO2 is 1. The van der Waals surface area contributed by atoms with Crippen LogP contribution in [-0.4, -0.2) is 17.5 Å². The molecule has 0 saturated carbocycles. The van der Waals surface area contributed by atoms with E-state index in [9.17, 15) is 9.70 Å². The Morgan fingerprint density at radius 2 is 2.33 bits per heavy atom. The minimum atomic E-state index is -0.229. The van der Waals surface area contributed by atoms with Crippen LogP contribution in [0.1, 0.15) is 6.42 Å². The van der Waals surface area contributed by atoms with Gasteiger partial charge in [-0.2, -0.15) is 5.01 Å². The molecule has 9 heavy (non-hydrogen) atoms. The zero-order valence-electron chi connectivity index (χ0n) is 4.78. The van der Waals surface area contributed by atoms with Crippen LogP contribution < -0.4 is 0 Å². The first kappa shape index (κ1) is 5.94. The predicted octanol–water partition coefficient (Wildman–Crippen LogP) is 0.456. The molecule has 0 atom stereocenters. The molecule has 1 heterocycles. The van der Waals surface area contributed by atoms with E-state index in [0.717, 1.165) is 5.01 Å². The standard InChI is InChI=1S/C5H6N2O2/c8-5-3-1-2-4-7(5)6-9/h1-2H,3-4H2. The molecule has 48 valence electrons. The molecular formula is C5H6N2O2. The smallest absolute Gasteiger partial charge is 0.249 e. The SMILES string of the molecule is O=NN1CC=CCC1=O. The molecule has 0 aromatic heterocycles. The fourth-order valence-corrected chi connectivity index (χ4v) is 0.645. The monoisotopic (exact) mass is 126 g/mol. The van der Waals surface area contributed by atoms with Crippen molar-refractivity contribution in [1.29, 1.82) is 0 Å². The fourth-order valence-electron chi connectivity index (χ4n) is 0.645. The lowest BCUT2D eigenvalue weighted by Crippen LogP contribution is -2.27. The van der Waals surface area contributed by atoms with Crippen LogP contribution in [0.15, 0.2) is 17.4 Å². The van der Waals surface area contributed by atoms with E-state index in [0.29, 0.717) is 13.0 Å². The topological polar surface area (TPSA) is 49.7 Å². The Morgan fingerprint density at radius 3 is 2.78 bits per heavy atom. The van der Waals surface area contributed by atoms with Crippen LogP contribution in [-0.2, 0) is 4.79 Å².